The van der Waals surface area contributed by atoms with Crippen molar-refractivity contribution in [2.45, 2.75) is 46.1 Å². The Balaban J connectivity index is 2.64. The lowest BCUT2D eigenvalue weighted by molar-refractivity contribution is 0.346. The molecule has 0 saturated carbocycles. The minimum Gasteiger partial charge on any atom is -0.294 e. The van der Waals surface area contributed by atoms with E-state index in [-0.39, 0.29) is 11.1 Å². The topological polar surface area (TPSA) is 37.8 Å². The fourth-order valence-corrected chi connectivity index (χ4v) is 2.27. The lowest BCUT2D eigenvalue weighted by Gasteiger charge is -2.19. The fourth-order valence-electron chi connectivity index (χ4n) is 2.27. The van der Waals surface area contributed by atoms with Crippen LogP contribution in [-0.4, -0.2) is 9.78 Å². The van der Waals surface area contributed by atoms with Gasteiger partial charge in [0, 0.05) is 5.56 Å². The van der Waals surface area contributed by atoms with E-state index in [2.05, 4.69) is 12.0 Å². The molecule has 1 aromatic heterocycles. The summed E-state index contributed by atoms with van der Waals surface area (Å²) in [5.74, 6) is 0. The summed E-state index contributed by atoms with van der Waals surface area (Å²) in [7, 11) is 0. The molecule has 0 aliphatic carbocycles. The molecule has 0 unspecified atom stereocenters. The number of aromatic amines is 1. The first-order valence-electron chi connectivity index (χ1n) is 6.85. The van der Waals surface area contributed by atoms with Crippen molar-refractivity contribution in [1.29, 1.82) is 0 Å². The number of H-pyrrole nitrogens is 1. The zero-order valence-electron chi connectivity index (χ0n) is 12.2. The zero-order valence-corrected chi connectivity index (χ0v) is 12.2. The van der Waals surface area contributed by atoms with Crippen LogP contribution in [0.4, 0.5) is 0 Å². The quantitative estimate of drug-likeness (QED) is 0.898. The number of nitrogens with one attached hydrogen (secondary N) is 1. The molecule has 0 aliphatic rings. The van der Waals surface area contributed by atoms with E-state index in [4.69, 9.17) is 0 Å². The summed E-state index contributed by atoms with van der Waals surface area (Å²) in [6.45, 7) is 8.21. The molecule has 0 aliphatic heterocycles. The van der Waals surface area contributed by atoms with Crippen LogP contribution in [0, 0.1) is 0 Å². The van der Waals surface area contributed by atoms with Crippen LogP contribution in [0.15, 0.2) is 35.1 Å². The van der Waals surface area contributed by atoms with E-state index in [1.54, 1.807) is 4.68 Å². The number of benzene rings is 1. The summed E-state index contributed by atoms with van der Waals surface area (Å²) in [4.78, 5) is 12.5. The predicted molar refractivity (Wildman–Crippen MR) is 79.5 cm³/mol. The molecule has 0 fully saturated rings. The van der Waals surface area contributed by atoms with Gasteiger partial charge in [-0.2, -0.15) is 0 Å². The van der Waals surface area contributed by atoms with Crippen LogP contribution in [-0.2, 0) is 12.0 Å². The van der Waals surface area contributed by atoms with Crippen LogP contribution >= 0.6 is 0 Å². The van der Waals surface area contributed by atoms with Gasteiger partial charge in [0.1, 0.15) is 0 Å². The van der Waals surface area contributed by atoms with E-state index in [1.165, 1.54) is 0 Å². The maximum Gasteiger partial charge on any atom is 0.270 e. The lowest BCUT2D eigenvalue weighted by atomic mass is 10.0. The fraction of sp³-hybridized carbons (Fsp3) is 0.438. The predicted octanol–water partition coefficient (Wildman–Crippen LogP) is 3.55. The van der Waals surface area contributed by atoms with E-state index in [1.807, 2.05) is 51.1 Å². The van der Waals surface area contributed by atoms with Crippen molar-refractivity contribution >= 4 is 0 Å². The van der Waals surface area contributed by atoms with E-state index < -0.39 is 0 Å². The van der Waals surface area contributed by atoms with E-state index in [9.17, 15) is 4.79 Å². The minimum atomic E-state index is -0.230. The molecule has 0 bridgehead atoms. The van der Waals surface area contributed by atoms with Crippen molar-refractivity contribution < 1.29 is 0 Å². The van der Waals surface area contributed by atoms with Crippen LogP contribution in [0.3, 0.4) is 0 Å². The van der Waals surface area contributed by atoms with Gasteiger partial charge < -0.3 is 0 Å². The lowest BCUT2D eigenvalue weighted by Crippen LogP contribution is -2.33. The number of hydrogen-bond donors (Lipinski definition) is 1. The molecular weight excluding hydrogens is 236 g/mol. The molecule has 0 spiro atoms. The van der Waals surface area contributed by atoms with Gasteiger partial charge in [0.25, 0.3) is 5.56 Å². The minimum absolute atomic E-state index is 0.105. The number of rotatable bonds is 3. The van der Waals surface area contributed by atoms with E-state index in [0.29, 0.717) is 0 Å². The standard InChI is InChI=1S/C16H22N2O/c1-5-9-13-14(12-10-7-6-8-11-12)17-18(15(13)19)16(2,3)4/h6-8,10-11,17H,5,9H2,1-4H3. The highest BCUT2D eigenvalue weighted by atomic mass is 16.1. The molecule has 0 atom stereocenters. The van der Waals surface area contributed by atoms with Gasteiger partial charge >= 0.3 is 0 Å². The van der Waals surface area contributed by atoms with Crippen molar-refractivity contribution in [3.63, 3.8) is 0 Å². The van der Waals surface area contributed by atoms with Gasteiger partial charge in [0.05, 0.1) is 11.2 Å². The molecule has 3 nitrogen and oxygen atoms in total. The van der Waals surface area contributed by atoms with Crippen molar-refractivity contribution in [2.75, 3.05) is 0 Å². The first kappa shape index (κ1) is 13.7. The third-order valence-corrected chi connectivity index (χ3v) is 3.22. The zero-order chi connectivity index (χ0) is 14.0. The summed E-state index contributed by atoms with van der Waals surface area (Å²) >= 11 is 0. The summed E-state index contributed by atoms with van der Waals surface area (Å²) in [6, 6.07) is 10.1. The second-order valence-electron chi connectivity index (χ2n) is 5.89. The van der Waals surface area contributed by atoms with Gasteiger partial charge in [0.15, 0.2) is 0 Å². The highest BCUT2D eigenvalue weighted by Gasteiger charge is 2.22. The third kappa shape index (κ3) is 2.65. The first-order chi connectivity index (χ1) is 8.95. The number of hydrogen-bond acceptors (Lipinski definition) is 1. The monoisotopic (exact) mass is 258 g/mol. The van der Waals surface area contributed by atoms with Crippen molar-refractivity contribution in [1.82, 2.24) is 9.78 Å². The molecular formula is C16H22N2O. The van der Waals surface area contributed by atoms with Crippen molar-refractivity contribution in [3.8, 4) is 11.3 Å². The molecule has 1 N–H and O–H groups in total. The molecule has 19 heavy (non-hydrogen) atoms. The molecule has 2 rings (SSSR count). The molecule has 102 valence electrons. The van der Waals surface area contributed by atoms with Crippen LogP contribution in [0.2, 0.25) is 0 Å². The van der Waals surface area contributed by atoms with Crippen LogP contribution < -0.4 is 5.56 Å². The highest BCUT2D eigenvalue weighted by molar-refractivity contribution is 5.62. The first-order valence-corrected chi connectivity index (χ1v) is 6.85. The van der Waals surface area contributed by atoms with Crippen molar-refractivity contribution in [2.24, 2.45) is 0 Å². The van der Waals surface area contributed by atoms with E-state index in [0.717, 1.165) is 29.7 Å². The molecule has 0 amide bonds. The molecule has 1 heterocycles. The molecule has 1 aromatic carbocycles. The smallest absolute Gasteiger partial charge is 0.270 e. The Morgan fingerprint density at radius 3 is 2.32 bits per heavy atom. The summed E-state index contributed by atoms with van der Waals surface area (Å²) in [6.07, 6.45) is 1.78. The molecule has 0 saturated heterocycles. The van der Waals surface area contributed by atoms with Gasteiger partial charge in [-0.05, 0) is 32.8 Å². The Morgan fingerprint density at radius 2 is 1.79 bits per heavy atom. The van der Waals surface area contributed by atoms with Crippen LogP contribution in [0.5, 0.6) is 0 Å². The summed E-state index contributed by atoms with van der Waals surface area (Å²) in [5, 5.41) is 3.30. The average molecular weight is 258 g/mol. The molecule has 2 aromatic rings. The second kappa shape index (κ2) is 5.08. The summed E-state index contributed by atoms with van der Waals surface area (Å²) in [5.41, 5.74) is 2.80. The maximum absolute atomic E-state index is 12.5. The van der Waals surface area contributed by atoms with E-state index >= 15 is 0 Å². The molecule has 3 heteroatoms. The van der Waals surface area contributed by atoms with Crippen molar-refractivity contribution in [3.05, 3.63) is 46.2 Å². The highest BCUT2D eigenvalue weighted by Crippen LogP contribution is 2.22. The Bertz CT molecular complexity index is 600. The Hall–Kier alpha value is -1.77. The van der Waals surface area contributed by atoms with Crippen LogP contribution in [0.1, 0.15) is 39.7 Å². The summed E-state index contributed by atoms with van der Waals surface area (Å²) < 4.78 is 1.74. The normalized spacial score (nSPS) is 11.8. The second-order valence-corrected chi connectivity index (χ2v) is 5.89. The van der Waals surface area contributed by atoms with Gasteiger partial charge in [0.2, 0.25) is 0 Å². The average Bonchev–Trinajstić information content (AvgIpc) is 2.69. The largest absolute Gasteiger partial charge is 0.294 e. The van der Waals surface area contributed by atoms with Gasteiger partial charge in [-0.25, -0.2) is 4.68 Å². The van der Waals surface area contributed by atoms with Gasteiger partial charge in [-0.3, -0.25) is 9.89 Å². The number of nitrogens with zero attached hydrogens (tertiary/aromatic N) is 1. The van der Waals surface area contributed by atoms with Gasteiger partial charge in [-0.15, -0.1) is 0 Å². The van der Waals surface area contributed by atoms with Gasteiger partial charge in [-0.1, -0.05) is 43.7 Å². The molecule has 0 radical (unpaired) electrons. The third-order valence-electron chi connectivity index (χ3n) is 3.22. The SMILES string of the molecule is CCCc1c(-c2ccccc2)[nH]n(C(C)(C)C)c1=O. The maximum atomic E-state index is 12.5. The number of aromatic nitrogens is 2. The van der Waals surface area contributed by atoms with Crippen LogP contribution in [0.25, 0.3) is 11.3 Å². The Kier molecular flexibility index (Phi) is 3.65. The Morgan fingerprint density at radius 1 is 1.16 bits per heavy atom. The Labute approximate surface area is 114 Å².